The van der Waals surface area contributed by atoms with E-state index in [0.717, 1.165) is 21.8 Å². The predicted molar refractivity (Wildman–Crippen MR) is 104 cm³/mol. The zero-order chi connectivity index (χ0) is 19.7. The van der Waals surface area contributed by atoms with E-state index in [1.54, 1.807) is 11.8 Å². The Labute approximate surface area is 167 Å². The molecular formula is C21H24O6S. The van der Waals surface area contributed by atoms with Gasteiger partial charge in [-0.1, -0.05) is 36.4 Å². The fourth-order valence-electron chi connectivity index (χ4n) is 3.77. The number of aliphatic hydroxyl groups excluding tert-OH is 4. The molecule has 2 aromatic carbocycles. The normalized spacial score (nSPS) is 32.1. The van der Waals surface area contributed by atoms with Crippen LogP contribution in [0.4, 0.5) is 0 Å². The highest BCUT2D eigenvalue weighted by atomic mass is 32.2. The predicted octanol–water partition coefficient (Wildman–Crippen LogP) is 1.12. The van der Waals surface area contributed by atoms with Crippen LogP contribution in [0.3, 0.4) is 0 Å². The third-order valence-corrected chi connectivity index (χ3v) is 6.80. The second-order valence-corrected chi connectivity index (χ2v) is 8.41. The monoisotopic (exact) mass is 404 g/mol. The number of ether oxygens (including phenoxy) is 2. The molecule has 0 spiro atoms. The third kappa shape index (κ3) is 3.78. The molecule has 0 saturated carbocycles. The molecule has 28 heavy (non-hydrogen) atoms. The van der Waals surface area contributed by atoms with Crippen LogP contribution in [0.25, 0.3) is 0 Å². The second kappa shape index (κ2) is 8.41. The zero-order valence-corrected chi connectivity index (χ0v) is 16.0. The molecule has 6 nitrogen and oxygen atoms in total. The minimum Gasteiger partial charge on any atom is -0.489 e. The van der Waals surface area contributed by atoms with E-state index in [2.05, 4.69) is 0 Å². The van der Waals surface area contributed by atoms with Gasteiger partial charge in [0.05, 0.1) is 12.7 Å². The fourth-order valence-corrected chi connectivity index (χ4v) is 5.28. The quantitative estimate of drug-likeness (QED) is 0.593. The number of benzene rings is 2. The largest absolute Gasteiger partial charge is 0.489 e. The summed E-state index contributed by atoms with van der Waals surface area (Å²) in [6.07, 6.45) is -4.79. The van der Waals surface area contributed by atoms with Crippen LogP contribution in [0.2, 0.25) is 0 Å². The minimum atomic E-state index is -1.35. The van der Waals surface area contributed by atoms with Gasteiger partial charge in [0.15, 0.2) is 0 Å². The molecule has 2 aromatic rings. The van der Waals surface area contributed by atoms with E-state index < -0.39 is 37.1 Å². The average Bonchev–Trinajstić information content (AvgIpc) is 3.16. The summed E-state index contributed by atoms with van der Waals surface area (Å²) in [4.78, 5) is 1.10. The first-order valence-corrected chi connectivity index (χ1v) is 10.2. The Morgan fingerprint density at radius 2 is 1.75 bits per heavy atom. The Balaban J connectivity index is 1.49. The zero-order valence-electron chi connectivity index (χ0n) is 15.2. The molecule has 0 aromatic heterocycles. The van der Waals surface area contributed by atoms with Crippen molar-refractivity contribution < 1.29 is 29.9 Å². The van der Waals surface area contributed by atoms with Gasteiger partial charge in [-0.25, -0.2) is 0 Å². The topological polar surface area (TPSA) is 99.4 Å². The molecule has 0 bridgehead atoms. The molecule has 0 amide bonds. The summed E-state index contributed by atoms with van der Waals surface area (Å²) in [6.45, 7) is 0.0174. The minimum absolute atomic E-state index is 0.126. The number of thioether (sulfide) groups is 1. The molecule has 2 aliphatic heterocycles. The summed E-state index contributed by atoms with van der Waals surface area (Å²) in [6, 6.07) is 15.7. The lowest BCUT2D eigenvalue weighted by Gasteiger charge is -2.42. The van der Waals surface area contributed by atoms with E-state index in [0.29, 0.717) is 13.0 Å². The Morgan fingerprint density at radius 3 is 2.50 bits per heavy atom. The van der Waals surface area contributed by atoms with Crippen LogP contribution in [0.15, 0.2) is 53.4 Å². The van der Waals surface area contributed by atoms with Crippen molar-refractivity contribution in [2.24, 2.45) is 0 Å². The SMILES string of the molecule is OC[C@H]1O[C@@H](C2Cc3cccc(COc4ccccc4)c3S2)[C@H](O)[C@@H](O)[C@@H]1O. The van der Waals surface area contributed by atoms with E-state index >= 15 is 0 Å². The van der Waals surface area contributed by atoms with Gasteiger partial charge in [0.1, 0.15) is 36.8 Å². The van der Waals surface area contributed by atoms with Crippen molar-refractivity contribution in [2.45, 2.75) is 53.7 Å². The van der Waals surface area contributed by atoms with Gasteiger partial charge in [0, 0.05) is 15.7 Å². The lowest BCUT2D eigenvalue weighted by molar-refractivity contribution is -0.228. The van der Waals surface area contributed by atoms with Gasteiger partial charge in [-0.15, -0.1) is 11.8 Å². The number of hydrogen-bond acceptors (Lipinski definition) is 7. The molecule has 1 saturated heterocycles. The van der Waals surface area contributed by atoms with Gasteiger partial charge in [0.2, 0.25) is 0 Å². The van der Waals surface area contributed by atoms with Crippen LogP contribution in [-0.4, -0.2) is 62.8 Å². The number of rotatable bonds is 5. The van der Waals surface area contributed by atoms with Crippen molar-refractivity contribution in [1.82, 2.24) is 0 Å². The van der Waals surface area contributed by atoms with Crippen LogP contribution >= 0.6 is 11.8 Å². The van der Waals surface area contributed by atoms with Crippen LogP contribution < -0.4 is 4.74 Å². The van der Waals surface area contributed by atoms with E-state index in [-0.39, 0.29) is 5.25 Å². The van der Waals surface area contributed by atoms with Crippen molar-refractivity contribution in [3.05, 3.63) is 59.7 Å². The molecule has 2 aliphatic rings. The maximum absolute atomic E-state index is 10.4. The van der Waals surface area contributed by atoms with E-state index in [9.17, 15) is 20.4 Å². The lowest BCUT2D eigenvalue weighted by atomic mass is 9.91. The summed E-state index contributed by atoms with van der Waals surface area (Å²) in [7, 11) is 0. The summed E-state index contributed by atoms with van der Waals surface area (Å²) >= 11 is 1.58. The number of hydrogen-bond donors (Lipinski definition) is 4. The Hall–Kier alpha value is -1.61. The molecule has 1 fully saturated rings. The highest BCUT2D eigenvalue weighted by molar-refractivity contribution is 8.00. The van der Waals surface area contributed by atoms with Gasteiger partial charge < -0.3 is 29.9 Å². The first-order chi connectivity index (χ1) is 13.6. The van der Waals surface area contributed by atoms with E-state index in [1.165, 1.54) is 0 Å². The summed E-state index contributed by atoms with van der Waals surface area (Å²) in [5.41, 5.74) is 2.19. The summed E-state index contributed by atoms with van der Waals surface area (Å²) < 4.78 is 11.6. The Bertz CT molecular complexity index is 799. The van der Waals surface area contributed by atoms with Crippen LogP contribution in [0, 0.1) is 0 Å². The second-order valence-electron chi connectivity index (χ2n) is 7.16. The fraction of sp³-hybridized carbons (Fsp3) is 0.429. The molecular weight excluding hydrogens is 380 g/mol. The molecule has 7 heteroatoms. The number of para-hydroxylation sites is 1. The number of aliphatic hydroxyl groups is 4. The first-order valence-electron chi connectivity index (χ1n) is 9.34. The Morgan fingerprint density at radius 1 is 0.964 bits per heavy atom. The van der Waals surface area contributed by atoms with Crippen molar-refractivity contribution in [3.63, 3.8) is 0 Å². The van der Waals surface area contributed by atoms with Crippen molar-refractivity contribution >= 4 is 11.8 Å². The highest BCUT2D eigenvalue weighted by Gasteiger charge is 2.47. The summed E-state index contributed by atoms with van der Waals surface area (Å²) in [5.74, 6) is 0.800. The maximum atomic E-state index is 10.4. The van der Waals surface area contributed by atoms with Crippen LogP contribution in [0.1, 0.15) is 11.1 Å². The molecule has 6 atom stereocenters. The van der Waals surface area contributed by atoms with E-state index in [1.807, 2.05) is 48.5 Å². The molecule has 150 valence electrons. The van der Waals surface area contributed by atoms with Crippen molar-refractivity contribution in [2.75, 3.05) is 6.61 Å². The lowest BCUT2D eigenvalue weighted by Crippen LogP contribution is -2.60. The standard InChI is InChI=1S/C21H24O6S/c22-10-15-17(23)18(24)19(25)20(27-15)16-9-12-5-4-6-13(21(12)28-16)11-26-14-7-2-1-3-8-14/h1-8,15-20,22-25H,9-11H2/t15-,16?,17-,18+,19-,20+/m1/s1. The van der Waals surface area contributed by atoms with Crippen LogP contribution in [-0.2, 0) is 17.8 Å². The smallest absolute Gasteiger partial charge is 0.119 e. The molecule has 0 aliphatic carbocycles. The molecule has 4 N–H and O–H groups in total. The molecule has 1 unspecified atom stereocenters. The maximum Gasteiger partial charge on any atom is 0.119 e. The number of fused-ring (bicyclic) bond motifs is 1. The van der Waals surface area contributed by atoms with Crippen molar-refractivity contribution in [3.8, 4) is 5.75 Å². The van der Waals surface area contributed by atoms with E-state index in [4.69, 9.17) is 9.47 Å². The molecule has 2 heterocycles. The van der Waals surface area contributed by atoms with Gasteiger partial charge in [-0.3, -0.25) is 0 Å². The van der Waals surface area contributed by atoms with Gasteiger partial charge in [0.25, 0.3) is 0 Å². The van der Waals surface area contributed by atoms with Crippen molar-refractivity contribution in [1.29, 1.82) is 0 Å². The van der Waals surface area contributed by atoms with Gasteiger partial charge in [-0.2, -0.15) is 0 Å². The van der Waals surface area contributed by atoms with Gasteiger partial charge in [-0.05, 0) is 24.1 Å². The average molecular weight is 404 g/mol. The molecule has 0 radical (unpaired) electrons. The van der Waals surface area contributed by atoms with Crippen LogP contribution in [0.5, 0.6) is 5.75 Å². The third-order valence-electron chi connectivity index (χ3n) is 5.30. The Kier molecular flexibility index (Phi) is 5.91. The summed E-state index contributed by atoms with van der Waals surface area (Å²) in [5, 5.41) is 39.8. The first kappa shape index (κ1) is 19.7. The highest BCUT2D eigenvalue weighted by Crippen LogP contribution is 2.44. The molecule has 4 rings (SSSR count). The van der Waals surface area contributed by atoms with Gasteiger partial charge >= 0.3 is 0 Å².